The Morgan fingerprint density at radius 1 is 1.44 bits per heavy atom. The van der Waals surface area contributed by atoms with Crippen molar-refractivity contribution in [1.29, 1.82) is 0 Å². The van der Waals surface area contributed by atoms with Gasteiger partial charge in [0.25, 0.3) is 0 Å². The first kappa shape index (κ1) is 11.9. The minimum Gasteiger partial charge on any atom is -0.306 e. The third kappa shape index (κ3) is 2.49. The molecule has 0 aliphatic carbocycles. The van der Waals surface area contributed by atoms with Crippen molar-refractivity contribution in [3.8, 4) is 0 Å². The highest BCUT2D eigenvalue weighted by Crippen LogP contribution is 2.19. The number of pyridine rings is 1. The molecule has 1 aliphatic rings. The van der Waals surface area contributed by atoms with Crippen molar-refractivity contribution >= 4 is 17.2 Å². The van der Waals surface area contributed by atoms with Gasteiger partial charge >= 0.3 is 0 Å². The van der Waals surface area contributed by atoms with E-state index in [2.05, 4.69) is 22.0 Å². The average molecular weight is 265 g/mol. The van der Waals surface area contributed by atoms with Gasteiger partial charge in [-0.05, 0) is 44.5 Å². The number of piperidine rings is 1. The zero-order valence-corrected chi connectivity index (χ0v) is 11.3. The first-order valence-electron chi connectivity index (χ1n) is 6.40. The molecule has 96 valence electrons. The maximum Gasteiger partial charge on any atom is 0.155 e. The Bertz CT molecular complexity index is 551. The molecule has 0 saturated carbocycles. The third-order valence-corrected chi connectivity index (χ3v) is 3.76. The molecule has 0 aromatic carbocycles. The zero-order valence-electron chi connectivity index (χ0n) is 10.5. The normalized spacial score (nSPS) is 21.6. The highest BCUT2D eigenvalue weighted by atomic mass is 35.5. The molecule has 0 amide bonds. The lowest BCUT2D eigenvalue weighted by atomic mass is 9.95. The van der Waals surface area contributed by atoms with Crippen LogP contribution < -0.4 is 0 Å². The molecule has 18 heavy (non-hydrogen) atoms. The molecule has 2 aromatic rings. The van der Waals surface area contributed by atoms with E-state index in [0.717, 1.165) is 24.4 Å². The van der Waals surface area contributed by atoms with Crippen molar-refractivity contribution in [3.63, 3.8) is 0 Å². The summed E-state index contributed by atoms with van der Waals surface area (Å²) in [6, 6.07) is 3.76. The van der Waals surface area contributed by atoms with Crippen LogP contribution in [0.2, 0.25) is 5.02 Å². The van der Waals surface area contributed by atoms with E-state index in [1.165, 1.54) is 19.4 Å². The van der Waals surface area contributed by atoms with E-state index in [1.807, 2.05) is 12.1 Å². The van der Waals surface area contributed by atoms with Crippen molar-refractivity contribution in [1.82, 2.24) is 19.5 Å². The molecule has 1 saturated heterocycles. The summed E-state index contributed by atoms with van der Waals surface area (Å²) in [5.74, 6) is 1.61. The molecular formula is C13H17ClN4. The Balaban J connectivity index is 1.78. The topological polar surface area (TPSA) is 33.4 Å². The van der Waals surface area contributed by atoms with Crippen LogP contribution in [-0.2, 0) is 6.42 Å². The van der Waals surface area contributed by atoms with Gasteiger partial charge in [-0.1, -0.05) is 11.6 Å². The number of likely N-dealkylation sites (tertiary alicyclic amines) is 1. The van der Waals surface area contributed by atoms with Crippen molar-refractivity contribution < 1.29 is 0 Å². The molecule has 5 heteroatoms. The standard InChI is InChI=1S/C13H17ClN4/c1-17-6-2-3-10(8-17)7-12-15-13-5-4-11(14)9-18(13)16-12/h4-5,9-10H,2-3,6-8H2,1H3. The predicted molar refractivity (Wildman–Crippen MR) is 71.9 cm³/mol. The second-order valence-corrected chi connectivity index (χ2v) is 5.59. The van der Waals surface area contributed by atoms with Crippen molar-refractivity contribution in [2.24, 2.45) is 5.92 Å². The van der Waals surface area contributed by atoms with E-state index >= 15 is 0 Å². The number of fused-ring (bicyclic) bond motifs is 1. The van der Waals surface area contributed by atoms with Gasteiger partial charge in [0.1, 0.15) is 0 Å². The van der Waals surface area contributed by atoms with Crippen LogP contribution in [-0.4, -0.2) is 39.6 Å². The molecule has 0 radical (unpaired) electrons. The average Bonchev–Trinajstić information content (AvgIpc) is 2.70. The number of nitrogens with zero attached hydrogens (tertiary/aromatic N) is 4. The molecule has 3 heterocycles. The minimum atomic E-state index is 0.677. The minimum absolute atomic E-state index is 0.677. The van der Waals surface area contributed by atoms with Gasteiger partial charge in [-0.15, -0.1) is 0 Å². The molecule has 0 spiro atoms. The fourth-order valence-corrected chi connectivity index (χ4v) is 2.84. The first-order valence-corrected chi connectivity index (χ1v) is 6.78. The molecule has 3 rings (SSSR count). The van der Waals surface area contributed by atoms with Gasteiger partial charge in [-0.2, -0.15) is 5.10 Å². The summed E-state index contributed by atoms with van der Waals surface area (Å²) in [6.45, 7) is 2.36. The van der Waals surface area contributed by atoms with Crippen molar-refractivity contribution in [2.45, 2.75) is 19.3 Å². The SMILES string of the molecule is CN1CCCC(Cc2nc3ccc(Cl)cn3n2)C1. The van der Waals surface area contributed by atoms with E-state index in [9.17, 15) is 0 Å². The lowest BCUT2D eigenvalue weighted by molar-refractivity contribution is 0.207. The van der Waals surface area contributed by atoms with Crippen LogP contribution in [0.15, 0.2) is 18.3 Å². The predicted octanol–water partition coefficient (Wildman–Crippen LogP) is 2.27. The summed E-state index contributed by atoms with van der Waals surface area (Å²) in [5.41, 5.74) is 0.874. The fourth-order valence-electron chi connectivity index (χ4n) is 2.69. The number of halogens is 1. The molecule has 4 nitrogen and oxygen atoms in total. The molecule has 1 fully saturated rings. The molecule has 2 aromatic heterocycles. The van der Waals surface area contributed by atoms with Gasteiger partial charge in [0.05, 0.1) is 5.02 Å². The molecule has 0 bridgehead atoms. The summed E-state index contributed by atoms with van der Waals surface area (Å²) < 4.78 is 1.77. The second-order valence-electron chi connectivity index (χ2n) is 5.15. The summed E-state index contributed by atoms with van der Waals surface area (Å²) >= 11 is 5.94. The monoisotopic (exact) mass is 264 g/mol. The summed E-state index contributed by atoms with van der Waals surface area (Å²) in [7, 11) is 2.18. The maximum absolute atomic E-state index is 5.94. The number of aromatic nitrogens is 3. The largest absolute Gasteiger partial charge is 0.306 e. The molecular weight excluding hydrogens is 248 g/mol. The zero-order chi connectivity index (χ0) is 12.5. The molecule has 0 N–H and O–H groups in total. The number of hydrogen-bond acceptors (Lipinski definition) is 3. The van der Waals surface area contributed by atoms with Crippen LogP contribution >= 0.6 is 11.6 Å². The van der Waals surface area contributed by atoms with Gasteiger partial charge in [0.15, 0.2) is 11.5 Å². The smallest absolute Gasteiger partial charge is 0.155 e. The van der Waals surface area contributed by atoms with Gasteiger partial charge in [-0.25, -0.2) is 9.50 Å². The fraction of sp³-hybridized carbons (Fsp3) is 0.538. The van der Waals surface area contributed by atoms with E-state index in [-0.39, 0.29) is 0 Å². The van der Waals surface area contributed by atoms with Gasteiger partial charge in [-0.3, -0.25) is 0 Å². The Morgan fingerprint density at radius 2 is 2.33 bits per heavy atom. The van der Waals surface area contributed by atoms with Crippen LogP contribution in [0.5, 0.6) is 0 Å². The van der Waals surface area contributed by atoms with Crippen molar-refractivity contribution in [3.05, 3.63) is 29.2 Å². The molecule has 1 atom stereocenters. The van der Waals surface area contributed by atoms with E-state index < -0.39 is 0 Å². The highest BCUT2D eigenvalue weighted by Gasteiger charge is 2.19. The molecule has 1 aliphatic heterocycles. The van der Waals surface area contributed by atoms with Gasteiger partial charge < -0.3 is 4.90 Å². The first-order chi connectivity index (χ1) is 8.70. The van der Waals surface area contributed by atoms with Gasteiger partial charge in [0, 0.05) is 19.2 Å². The van der Waals surface area contributed by atoms with Crippen LogP contribution in [0, 0.1) is 5.92 Å². The van der Waals surface area contributed by atoms with Gasteiger partial charge in [0.2, 0.25) is 0 Å². The van der Waals surface area contributed by atoms with Crippen LogP contribution in [0.1, 0.15) is 18.7 Å². The Morgan fingerprint density at radius 3 is 3.17 bits per heavy atom. The quantitative estimate of drug-likeness (QED) is 0.834. The highest BCUT2D eigenvalue weighted by molar-refractivity contribution is 6.30. The number of rotatable bonds is 2. The lowest BCUT2D eigenvalue weighted by Gasteiger charge is -2.28. The Labute approximate surface area is 112 Å². The Kier molecular flexibility index (Phi) is 3.22. The lowest BCUT2D eigenvalue weighted by Crippen LogP contribution is -2.33. The molecule has 1 unspecified atom stereocenters. The second kappa shape index (κ2) is 4.86. The maximum atomic E-state index is 5.94. The summed E-state index contributed by atoms with van der Waals surface area (Å²) in [4.78, 5) is 6.94. The Hall–Kier alpha value is -1.13. The van der Waals surface area contributed by atoms with Crippen LogP contribution in [0.3, 0.4) is 0 Å². The van der Waals surface area contributed by atoms with E-state index in [1.54, 1.807) is 10.7 Å². The van der Waals surface area contributed by atoms with E-state index in [0.29, 0.717) is 10.9 Å². The summed E-state index contributed by atoms with van der Waals surface area (Å²) in [6.07, 6.45) is 5.32. The van der Waals surface area contributed by atoms with Crippen LogP contribution in [0.25, 0.3) is 5.65 Å². The summed E-state index contributed by atoms with van der Waals surface area (Å²) in [5, 5.41) is 5.19. The third-order valence-electron chi connectivity index (χ3n) is 3.53. The van der Waals surface area contributed by atoms with E-state index in [4.69, 9.17) is 11.6 Å². The van der Waals surface area contributed by atoms with Crippen LogP contribution in [0.4, 0.5) is 0 Å². The number of hydrogen-bond donors (Lipinski definition) is 0. The van der Waals surface area contributed by atoms with Crippen molar-refractivity contribution in [2.75, 3.05) is 20.1 Å².